The molecule has 0 unspecified atom stereocenters. The van der Waals surface area contributed by atoms with Gasteiger partial charge in [-0.15, -0.1) is 0 Å². The highest BCUT2D eigenvalue weighted by Crippen LogP contribution is 2.21. The second-order valence-electron chi connectivity index (χ2n) is 6.39. The van der Waals surface area contributed by atoms with Crippen molar-refractivity contribution in [3.63, 3.8) is 0 Å². The Balaban J connectivity index is 0.00000196. The van der Waals surface area contributed by atoms with Gasteiger partial charge in [-0.25, -0.2) is 4.98 Å². The van der Waals surface area contributed by atoms with Crippen molar-refractivity contribution < 1.29 is 2.85 Å². The summed E-state index contributed by atoms with van der Waals surface area (Å²) in [6, 6.07) is 13.9. The Morgan fingerprint density at radius 2 is 1.69 bits per heavy atom. The number of anilines is 4. The lowest BCUT2D eigenvalue weighted by Crippen LogP contribution is -2.14. The minimum absolute atomic E-state index is 0. The summed E-state index contributed by atoms with van der Waals surface area (Å²) in [6.45, 7) is 4.09. The third-order valence-corrected chi connectivity index (χ3v) is 3.55. The van der Waals surface area contributed by atoms with Gasteiger partial charge in [-0.05, 0) is 19.9 Å². The summed E-state index contributed by atoms with van der Waals surface area (Å²) in [5.41, 5.74) is 1.80. The van der Waals surface area contributed by atoms with Gasteiger partial charge in [0.05, 0.1) is 0 Å². The maximum absolute atomic E-state index is 4.57. The lowest BCUT2D eigenvalue weighted by atomic mass is 10.2. The smallest absolute Gasteiger partial charge is 0.232 e. The molecule has 0 aliphatic carbocycles. The van der Waals surface area contributed by atoms with E-state index in [0.29, 0.717) is 17.7 Å². The summed E-state index contributed by atoms with van der Waals surface area (Å²) in [6.07, 6.45) is 1.75. The molecule has 1 aromatic carbocycles. The molecule has 0 fully saturated rings. The largest absolute Gasteiger partial charge is 0.363 e. The highest BCUT2D eigenvalue weighted by Gasteiger charge is 2.10. The van der Waals surface area contributed by atoms with E-state index in [0.717, 1.165) is 17.1 Å². The summed E-state index contributed by atoms with van der Waals surface area (Å²) >= 11 is 0. The molecule has 0 saturated carbocycles. The van der Waals surface area contributed by atoms with Crippen LogP contribution in [-0.4, -0.2) is 40.1 Å². The minimum Gasteiger partial charge on any atom is -0.363 e. The first-order chi connectivity index (χ1) is 12.5. The molecule has 2 N–H and O–H groups in total. The molecule has 0 bridgehead atoms. The van der Waals surface area contributed by atoms with Crippen molar-refractivity contribution in [2.45, 2.75) is 19.9 Å². The van der Waals surface area contributed by atoms with Gasteiger partial charge in [0.2, 0.25) is 11.9 Å². The first kappa shape index (κ1) is 17.6. The number of nitrogens with zero attached hydrogens (tertiary/aromatic N) is 5. The lowest BCUT2D eigenvalue weighted by molar-refractivity contribution is 0.869. The molecule has 7 nitrogen and oxygen atoms in total. The van der Waals surface area contributed by atoms with Crippen molar-refractivity contribution in [1.82, 2.24) is 19.9 Å². The number of benzene rings is 1. The lowest BCUT2D eigenvalue weighted by Gasteiger charge is -2.14. The Hall–Kier alpha value is -3.22. The quantitative estimate of drug-likeness (QED) is 0.692. The van der Waals surface area contributed by atoms with Gasteiger partial charge in [-0.3, -0.25) is 0 Å². The molecule has 0 radical (unpaired) electrons. The van der Waals surface area contributed by atoms with E-state index in [1.54, 1.807) is 6.20 Å². The highest BCUT2D eigenvalue weighted by molar-refractivity contribution is 5.62. The topological polar surface area (TPSA) is 78.9 Å². The van der Waals surface area contributed by atoms with Crippen LogP contribution in [0.1, 0.15) is 16.7 Å². The third kappa shape index (κ3) is 4.44. The zero-order chi connectivity index (χ0) is 18.5. The molecule has 2 aromatic heterocycles. The van der Waals surface area contributed by atoms with Crippen molar-refractivity contribution in [2.24, 2.45) is 0 Å². The van der Waals surface area contributed by atoms with E-state index in [9.17, 15) is 0 Å². The fourth-order valence-corrected chi connectivity index (χ4v) is 2.34. The van der Waals surface area contributed by atoms with Crippen molar-refractivity contribution in [3.05, 3.63) is 48.7 Å². The normalized spacial score (nSPS) is 10.7. The molecular weight excluding hydrogens is 326 g/mol. The van der Waals surface area contributed by atoms with Crippen LogP contribution in [0.3, 0.4) is 0 Å². The standard InChI is InChI=1S/C19H23N7.2H2/c1-13(2)21-18-23-17(14-8-6-5-7-9-14)24-19(25-18)22-15-10-11-20-16(12-15)26(3)4;;/h5-13H,1-4H3,(H2,20,21,22,23,24,25);2*1H. The Morgan fingerprint density at radius 1 is 0.962 bits per heavy atom. The van der Waals surface area contributed by atoms with Crippen LogP contribution < -0.4 is 15.5 Å². The molecule has 0 atom stereocenters. The molecule has 26 heavy (non-hydrogen) atoms. The van der Waals surface area contributed by atoms with E-state index in [4.69, 9.17) is 0 Å². The van der Waals surface area contributed by atoms with Gasteiger partial charge in [0, 0.05) is 46.5 Å². The zero-order valence-corrected chi connectivity index (χ0v) is 15.4. The summed E-state index contributed by atoms with van der Waals surface area (Å²) in [4.78, 5) is 19.9. The average molecular weight is 353 g/mol. The van der Waals surface area contributed by atoms with Crippen molar-refractivity contribution in [3.8, 4) is 11.4 Å². The maximum Gasteiger partial charge on any atom is 0.232 e. The van der Waals surface area contributed by atoms with Crippen LogP contribution in [0.4, 0.5) is 23.4 Å². The van der Waals surface area contributed by atoms with Crippen LogP contribution in [0.25, 0.3) is 11.4 Å². The second kappa shape index (κ2) is 7.77. The fourth-order valence-electron chi connectivity index (χ4n) is 2.34. The Labute approximate surface area is 156 Å². The van der Waals surface area contributed by atoms with E-state index < -0.39 is 0 Å². The summed E-state index contributed by atoms with van der Waals surface area (Å²) in [7, 11) is 3.90. The minimum atomic E-state index is 0. The SMILES string of the molecule is CC(C)Nc1nc(Nc2ccnc(N(C)C)c2)nc(-c2ccccc2)n1.[HH].[HH]. The summed E-state index contributed by atoms with van der Waals surface area (Å²) in [5, 5.41) is 6.50. The van der Waals surface area contributed by atoms with Crippen molar-refractivity contribution in [1.29, 1.82) is 0 Å². The summed E-state index contributed by atoms with van der Waals surface area (Å²) in [5.74, 6) is 2.50. The van der Waals surface area contributed by atoms with Gasteiger partial charge >= 0.3 is 0 Å². The predicted octanol–water partition coefficient (Wildman–Crippen LogP) is 4.06. The van der Waals surface area contributed by atoms with Gasteiger partial charge < -0.3 is 15.5 Å². The van der Waals surface area contributed by atoms with Crippen LogP contribution >= 0.6 is 0 Å². The first-order valence-corrected chi connectivity index (χ1v) is 8.49. The van der Waals surface area contributed by atoms with Gasteiger partial charge in [-0.2, -0.15) is 15.0 Å². The first-order valence-electron chi connectivity index (χ1n) is 8.49. The zero-order valence-electron chi connectivity index (χ0n) is 15.4. The molecule has 0 amide bonds. The summed E-state index contributed by atoms with van der Waals surface area (Å²) < 4.78 is 0. The molecule has 3 rings (SSSR count). The van der Waals surface area contributed by atoms with E-state index in [-0.39, 0.29) is 8.90 Å². The number of aromatic nitrogens is 4. The third-order valence-electron chi connectivity index (χ3n) is 3.55. The molecule has 7 heteroatoms. The maximum atomic E-state index is 4.57. The molecule has 0 aliphatic rings. The number of nitrogens with one attached hydrogen (secondary N) is 2. The van der Waals surface area contributed by atoms with Gasteiger partial charge in [-0.1, -0.05) is 30.3 Å². The van der Waals surface area contributed by atoms with E-state index in [2.05, 4.69) is 30.6 Å². The number of rotatable bonds is 6. The van der Waals surface area contributed by atoms with E-state index >= 15 is 0 Å². The Kier molecular flexibility index (Phi) is 5.26. The molecular formula is C19H27N7. The van der Waals surface area contributed by atoms with Crippen LogP contribution in [0.5, 0.6) is 0 Å². The monoisotopic (exact) mass is 353 g/mol. The fraction of sp³-hybridized carbons (Fsp3) is 0.263. The van der Waals surface area contributed by atoms with Crippen LogP contribution in [0.2, 0.25) is 0 Å². The van der Waals surface area contributed by atoms with Crippen LogP contribution in [-0.2, 0) is 0 Å². The van der Waals surface area contributed by atoms with Crippen molar-refractivity contribution in [2.75, 3.05) is 29.6 Å². The van der Waals surface area contributed by atoms with Gasteiger partial charge in [0.1, 0.15) is 5.82 Å². The van der Waals surface area contributed by atoms with E-state index in [1.165, 1.54) is 0 Å². The highest BCUT2D eigenvalue weighted by atomic mass is 15.2. The number of hydrogen-bond donors (Lipinski definition) is 2. The average Bonchev–Trinajstić information content (AvgIpc) is 2.62. The van der Waals surface area contributed by atoms with Gasteiger partial charge in [0.15, 0.2) is 5.82 Å². The Bertz CT molecular complexity index is 873. The molecule has 0 spiro atoms. The molecule has 3 aromatic rings. The van der Waals surface area contributed by atoms with E-state index in [1.807, 2.05) is 75.3 Å². The molecule has 2 heterocycles. The molecule has 0 aliphatic heterocycles. The van der Waals surface area contributed by atoms with Crippen molar-refractivity contribution >= 4 is 23.4 Å². The second-order valence-corrected chi connectivity index (χ2v) is 6.39. The van der Waals surface area contributed by atoms with Crippen LogP contribution in [0, 0.1) is 0 Å². The molecule has 0 saturated heterocycles. The molecule has 138 valence electrons. The van der Waals surface area contributed by atoms with Crippen LogP contribution in [0.15, 0.2) is 48.7 Å². The number of pyridine rings is 1. The predicted molar refractivity (Wildman–Crippen MR) is 110 cm³/mol. The Morgan fingerprint density at radius 3 is 2.38 bits per heavy atom. The van der Waals surface area contributed by atoms with Gasteiger partial charge in [0.25, 0.3) is 0 Å². The number of hydrogen-bond acceptors (Lipinski definition) is 7.